The van der Waals surface area contributed by atoms with E-state index in [0.717, 1.165) is 0 Å². The fourth-order valence-electron chi connectivity index (χ4n) is 3.39. The van der Waals surface area contributed by atoms with Gasteiger partial charge in [-0.25, -0.2) is 0 Å². The van der Waals surface area contributed by atoms with Crippen molar-refractivity contribution in [3.8, 4) is 0 Å². The zero-order chi connectivity index (χ0) is 16.4. The number of hydrogen-bond donors (Lipinski definition) is 0. The molecule has 1 heteroatoms. The summed E-state index contributed by atoms with van der Waals surface area (Å²) in [6.45, 7) is 9.63. The van der Waals surface area contributed by atoms with Gasteiger partial charge in [-0.1, -0.05) is 92.8 Å². The molecule has 0 amide bonds. The number of unbranched alkanes of at least 4 members (excludes halogenated alkanes) is 1. The van der Waals surface area contributed by atoms with Gasteiger partial charge < -0.3 is 0 Å². The first kappa shape index (κ1) is 16.0. The average molecular weight is 319 g/mol. The van der Waals surface area contributed by atoms with Gasteiger partial charge in [0.25, 0.3) is 0 Å². The standard InChI is InChI=1S/C22H26Si/c1-5-6-15-22(23(2,3)4)21-16-17-11-7-8-12-18(17)19-13-9-10-14-20(19)21/h7-16H,5-6H2,1-4H3/b22-15-. The molecule has 0 aliphatic carbocycles. The molecule has 0 radical (unpaired) electrons. The Morgan fingerprint density at radius 3 is 2.13 bits per heavy atom. The summed E-state index contributed by atoms with van der Waals surface area (Å²) in [5, 5.41) is 7.08. The van der Waals surface area contributed by atoms with Gasteiger partial charge in [-0.3, -0.25) is 0 Å². The van der Waals surface area contributed by atoms with Crippen LogP contribution in [0.3, 0.4) is 0 Å². The van der Waals surface area contributed by atoms with Crippen LogP contribution >= 0.6 is 0 Å². The van der Waals surface area contributed by atoms with Crippen LogP contribution in [0.2, 0.25) is 19.6 Å². The number of benzene rings is 3. The molecule has 0 aliphatic heterocycles. The summed E-state index contributed by atoms with van der Waals surface area (Å²) in [4.78, 5) is 0. The summed E-state index contributed by atoms with van der Waals surface area (Å²) in [6, 6.07) is 20.1. The van der Waals surface area contributed by atoms with E-state index in [0.29, 0.717) is 0 Å². The minimum absolute atomic E-state index is 1.17. The number of allylic oxidation sites excluding steroid dienone is 1. The third-order valence-corrected chi connectivity index (χ3v) is 6.59. The summed E-state index contributed by atoms with van der Waals surface area (Å²) >= 11 is 0. The van der Waals surface area contributed by atoms with Crippen molar-refractivity contribution in [3.05, 3.63) is 66.2 Å². The fraction of sp³-hybridized carbons (Fsp3) is 0.273. The lowest BCUT2D eigenvalue weighted by molar-refractivity contribution is 0.961. The Balaban J connectivity index is 2.38. The van der Waals surface area contributed by atoms with Gasteiger partial charge in [0.15, 0.2) is 0 Å². The lowest BCUT2D eigenvalue weighted by atomic mass is 9.96. The molecule has 0 unspecified atom stereocenters. The van der Waals surface area contributed by atoms with Crippen LogP contribution in [0, 0.1) is 0 Å². The topological polar surface area (TPSA) is 0 Å². The summed E-state index contributed by atoms with van der Waals surface area (Å²) in [5.74, 6) is 0. The average Bonchev–Trinajstić information content (AvgIpc) is 2.54. The van der Waals surface area contributed by atoms with Crippen molar-refractivity contribution in [1.29, 1.82) is 0 Å². The molecular weight excluding hydrogens is 292 g/mol. The molecule has 0 aliphatic rings. The molecule has 3 aromatic carbocycles. The molecule has 0 nitrogen and oxygen atoms in total. The number of rotatable bonds is 4. The fourth-order valence-corrected chi connectivity index (χ4v) is 5.16. The van der Waals surface area contributed by atoms with Gasteiger partial charge in [0.2, 0.25) is 0 Å². The highest BCUT2D eigenvalue weighted by Gasteiger charge is 2.22. The van der Waals surface area contributed by atoms with Crippen LogP contribution in [-0.2, 0) is 0 Å². The van der Waals surface area contributed by atoms with Crippen LogP contribution < -0.4 is 0 Å². The first-order chi connectivity index (χ1) is 11.0. The normalized spacial score (nSPS) is 13.0. The summed E-state index contributed by atoms with van der Waals surface area (Å²) in [6.07, 6.45) is 4.88. The first-order valence-corrected chi connectivity index (χ1v) is 12.1. The van der Waals surface area contributed by atoms with E-state index in [9.17, 15) is 0 Å². The molecule has 0 aromatic heterocycles. The van der Waals surface area contributed by atoms with Crippen molar-refractivity contribution in [2.24, 2.45) is 0 Å². The lowest BCUT2D eigenvalue weighted by Crippen LogP contribution is -2.23. The first-order valence-electron chi connectivity index (χ1n) is 8.64. The second kappa shape index (κ2) is 6.33. The van der Waals surface area contributed by atoms with Gasteiger partial charge in [-0.05, 0) is 39.6 Å². The van der Waals surface area contributed by atoms with E-state index >= 15 is 0 Å². The van der Waals surface area contributed by atoms with Crippen LogP contribution in [0.25, 0.3) is 26.7 Å². The zero-order valence-electron chi connectivity index (χ0n) is 14.7. The highest BCUT2D eigenvalue weighted by molar-refractivity contribution is 6.93. The van der Waals surface area contributed by atoms with Crippen molar-refractivity contribution < 1.29 is 0 Å². The molecule has 0 saturated heterocycles. The lowest BCUT2D eigenvalue weighted by Gasteiger charge is -2.24. The smallest absolute Gasteiger partial charge is 0.0779 e. The third-order valence-electron chi connectivity index (χ3n) is 4.50. The van der Waals surface area contributed by atoms with Crippen LogP contribution in [0.15, 0.2) is 60.7 Å². The molecular formula is C22H26Si. The Morgan fingerprint density at radius 2 is 1.48 bits per heavy atom. The molecule has 118 valence electrons. The molecule has 3 aromatic rings. The van der Waals surface area contributed by atoms with Gasteiger partial charge in [0.05, 0.1) is 8.07 Å². The van der Waals surface area contributed by atoms with Crippen molar-refractivity contribution >= 4 is 34.8 Å². The van der Waals surface area contributed by atoms with Crippen molar-refractivity contribution in [1.82, 2.24) is 0 Å². The SMILES string of the molecule is CCC/C=C(/c1cc2ccccc2c2ccccc12)[Si](C)(C)C. The van der Waals surface area contributed by atoms with Crippen molar-refractivity contribution in [2.75, 3.05) is 0 Å². The summed E-state index contributed by atoms with van der Waals surface area (Å²) in [7, 11) is -1.41. The highest BCUT2D eigenvalue weighted by atomic mass is 28.3. The van der Waals surface area contributed by atoms with Crippen LogP contribution in [0.4, 0.5) is 0 Å². The Bertz CT molecular complexity index is 866. The zero-order valence-corrected chi connectivity index (χ0v) is 15.7. The largest absolute Gasteiger partial charge is 0.0847 e. The molecule has 0 saturated carbocycles. The van der Waals surface area contributed by atoms with Gasteiger partial charge in [-0.2, -0.15) is 0 Å². The highest BCUT2D eigenvalue weighted by Crippen LogP contribution is 2.36. The molecule has 0 bridgehead atoms. The van der Waals surface area contributed by atoms with E-state index in [4.69, 9.17) is 0 Å². The van der Waals surface area contributed by atoms with E-state index in [1.165, 1.54) is 39.9 Å². The van der Waals surface area contributed by atoms with Crippen molar-refractivity contribution in [3.63, 3.8) is 0 Å². The van der Waals surface area contributed by atoms with Gasteiger partial charge in [-0.15, -0.1) is 0 Å². The van der Waals surface area contributed by atoms with Gasteiger partial charge >= 0.3 is 0 Å². The molecule has 0 N–H and O–H groups in total. The van der Waals surface area contributed by atoms with Crippen LogP contribution in [0.1, 0.15) is 25.3 Å². The molecule has 0 fully saturated rings. The van der Waals surface area contributed by atoms with E-state index in [-0.39, 0.29) is 0 Å². The van der Waals surface area contributed by atoms with Gasteiger partial charge in [0.1, 0.15) is 0 Å². The van der Waals surface area contributed by atoms with E-state index < -0.39 is 8.07 Å². The molecule has 0 spiro atoms. The molecule has 3 rings (SSSR count). The Kier molecular flexibility index (Phi) is 4.41. The predicted octanol–water partition coefficient (Wildman–Crippen LogP) is 7.05. The molecule has 0 atom stereocenters. The van der Waals surface area contributed by atoms with E-state index in [2.05, 4.69) is 87.2 Å². The second-order valence-electron chi connectivity index (χ2n) is 7.35. The Labute approximate surface area is 140 Å². The quantitative estimate of drug-likeness (QED) is 0.357. The minimum Gasteiger partial charge on any atom is -0.0847 e. The minimum atomic E-state index is -1.41. The summed E-state index contributed by atoms with van der Waals surface area (Å²) in [5.41, 5.74) is 1.45. The maximum absolute atomic E-state index is 2.50. The number of fused-ring (bicyclic) bond motifs is 3. The molecule has 23 heavy (non-hydrogen) atoms. The maximum atomic E-state index is 2.50. The predicted molar refractivity (Wildman–Crippen MR) is 108 cm³/mol. The second-order valence-corrected chi connectivity index (χ2v) is 12.4. The molecule has 0 heterocycles. The van der Waals surface area contributed by atoms with Crippen LogP contribution in [0.5, 0.6) is 0 Å². The number of hydrogen-bond acceptors (Lipinski definition) is 0. The van der Waals surface area contributed by atoms with E-state index in [1.54, 1.807) is 5.20 Å². The summed E-state index contributed by atoms with van der Waals surface area (Å²) < 4.78 is 0. The van der Waals surface area contributed by atoms with Crippen LogP contribution in [-0.4, -0.2) is 8.07 Å². The van der Waals surface area contributed by atoms with Gasteiger partial charge in [0, 0.05) is 0 Å². The Morgan fingerprint density at radius 1 is 0.870 bits per heavy atom. The van der Waals surface area contributed by atoms with Crippen molar-refractivity contribution in [2.45, 2.75) is 39.4 Å². The monoisotopic (exact) mass is 318 g/mol. The maximum Gasteiger partial charge on any atom is 0.0779 e. The third kappa shape index (κ3) is 3.11. The van der Waals surface area contributed by atoms with E-state index in [1.807, 2.05) is 0 Å². The Hall–Kier alpha value is -1.86.